The van der Waals surface area contributed by atoms with E-state index in [4.69, 9.17) is 4.74 Å². The summed E-state index contributed by atoms with van der Waals surface area (Å²) in [6.45, 7) is 3.76. The van der Waals surface area contributed by atoms with Crippen LogP contribution < -0.4 is 4.74 Å². The smallest absolute Gasteiger partial charge is 0.261 e. The van der Waals surface area contributed by atoms with Gasteiger partial charge in [-0.05, 0) is 38.0 Å². The van der Waals surface area contributed by atoms with Crippen LogP contribution in [0.3, 0.4) is 0 Å². The number of halogens is 1. The van der Waals surface area contributed by atoms with E-state index >= 15 is 0 Å². The Balaban J connectivity index is 1.73. The minimum atomic E-state index is -0.626. The Labute approximate surface area is 145 Å². The van der Waals surface area contributed by atoms with Crippen LogP contribution in [-0.2, 0) is 11.8 Å². The van der Waals surface area contributed by atoms with Crippen molar-refractivity contribution in [1.82, 2.24) is 14.7 Å². The summed E-state index contributed by atoms with van der Waals surface area (Å²) in [4.78, 5) is 14.2. The maximum absolute atomic E-state index is 13.5. The summed E-state index contributed by atoms with van der Waals surface area (Å²) in [5.41, 5.74) is 2.24. The number of aryl methyl sites for hydroxylation is 2. The van der Waals surface area contributed by atoms with Crippen molar-refractivity contribution in [3.63, 3.8) is 0 Å². The van der Waals surface area contributed by atoms with E-state index in [0.29, 0.717) is 17.7 Å². The summed E-state index contributed by atoms with van der Waals surface area (Å²) < 4.78 is 20.9. The number of ether oxygens (including phenoxy) is 1. The lowest BCUT2D eigenvalue weighted by Gasteiger charge is -2.25. The first kappa shape index (κ1) is 17.4. The molecule has 1 amide bonds. The van der Waals surface area contributed by atoms with Gasteiger partial charge in [0.1, 0.15) is 11.5 Å². The molecule has 6 nitrogen and oxygen atoms in total. The quantitative estimate of drug-likeness (QED) is 0.917. The number of hydrogen-bond acceptors (Lipinski definition) is 4. The number of amides is 1. The molecule has 1 N–H and O–H groups in total. The highest BCUT2D eigenvalue weighted by Gasteiger charge is 2.35. The van der Waals surface area contributed by atoms with Gasteiger partial charge < -0.3 is 14.7 Å². The van der Waals surface area contributed by atoms with Crippen molar-refractivity contribution in [1.29, 1.82) is 0 Å². The fourth-order valence-corrected chi connectivity index (χ4v) is 3.30. The standard InChI is InChI=1S/C18H22FN3O3/c1-11-18(12(2)21(3)20-11)25-10-17(24)22-9-15(23)8-16(22)13-5-4-6-14(19)7-13/h4-7,15-16,23H,8-10H2,1-3H3. The van der Waals surface area contributed by atoms with Gasteiger partial charge in [0.15, 0.2) is 12.4 Å². The molecule has 1 aliphatic heterocycles. The number of β-amino-alcohol motifs (C(OH)–C–C–N with tert-alkyl or cyclic N) is 1. The van der Waals surface area contributed by atoms with Gasteiger partial charge in [-0.3, -0.25) is 9.48 Å². The van der Waals surface area contributed by atoms with Gasteiger partial charge in [0.25, 0.3) is 5.91 Å². The maximum atomic E-state index is 13.5. The van der Waals surface area contributed by atoms with Crippen molar-refractivity contribution in [2.75, 3.05) is 13.2 Å². The molecule has 1 aromatic heterocycles. The van der Waals surface area contributed by atoms with Crippen molar-refractivity contribution < 1.29 is 19.0 Å². The second-order valence-corrected chi connectivity index (χ2v) is 6.42. The molecule has 2 unspecified atom stereocenters. The monoisotopic (exact) mass is 347 g/mol. The molecule has 25 heavy (non-hydrogen) atoms. The number of aromatic nitrogens is 2. The number of hydrogen-bond donors (Lipinski definition) is 1. The second kappa shape index (κ2) is 6.84. The molecule has 2 heterocycles. The van der Waals surface area contributed by atoms with Gasteiger partial charge in [-0.1, -0.05) is 12.1 Å². The molecule has 2 aromatic rings. The summed E-state index contributed by atoms with van der Waals surface area (Å²) in [7, 11) is 1.81. The number of carbonyl (C=O) groups excluding carboxylic acids is 1. The highest BCUT2D eigenvalue weighted by Crippen LogP contribution is 2.32. The summed E-state index contributed by atoms with van der Waals surface area (Å²) in [6.07, 6.45) is -0.237. The fraction of sp³-hybridized carbons (Fsp3) is 0.444. The molecule has 2 atom stereocenters. The Morgan fingerprint density at radius 2 is 2.20 bits per heavy atom. The van der Waals surface area contributed by atoms with Crippen LogP contribution in [0.4, 0.5) is 4.39 Å². The molecular weight excluding hydrogens is 325 g/mol. The zero-order valence-corrected chi connectivity index (χ0v) is 14.6. The topological polar surface area (TPSA) is 67.6 Å². The predicted molar refractivity (Wildman–Crippen MR) is 89.7 cm³/mol. The van der Waals surface area contributed by atoms with Crippen molar-refractivity contribution >= 4 is 5.91 Å². The average Bonchev–Trinajstić information content (AvgIpc) is 3.06. The van der Waals surface area contributed by atoms with Crippen LogP contribution in [0.5, 0.6) is 5.75 Å². The van der Waals surface area contributed by atoms with E-state index in [1.54, 1.807) is 21.7 Å². The first-order valence-electron chi connectivity index (χ1n) is 8.22. The Hall–Kier alpha value is -2.41. The molecule has 134 valence electrons. The zero-order chi connectivity index (χ0) is 18.1. The van der Waals surface area contributed by atoms with Crippen LogP contribution in [-0.4, -0.2) is 44.9 Å². The molecule has 0 bridgehead atoms. The third-order valence-electron chi connectivity index (χ3n) is 4.62. The van der Waals surface area contributed by atoms with Crippen LogP contribution in [0, 0.1) is 19.7 Å². The lowest BCUT2D eigenvalue weighted by Crippen LogP contribution is -2.35. The minimum absolute atomic E-state index is 0.147. The van der Waals surface area contributed by atoms with Crippen LogP contribution in [0.25, 0.3) is 0 Å². The maximum Gasteiger partial charge on any atom is 0.261 e. The molecule has 1 saturated heterocycles. The van der Waals surface area contributed by atoms with Gasteiger partial charge in [-0.25, -0.2) is 4.39 Å². The van der Waals surface area contributed by atoms with Gasteiger partial charge in [0.2, 0.25) is 0 Å². The Bertz CT molecular complexity index is 790. The molecule has 7 heteroatoms. The van der Waals surface area contributed by atoms with E-state index in [-0.39, 0.29) is 30.9 Å². The highest BCUT2D eigenvalue weighted by atomic mass is 19.1. The predicted octanol–water partition coefficient (Wildman–Crippen LogP) is 1.89. The van der Waals surface area contributed by atoms with Crippen molar-refractivity contribution in [3.8, 4) is 5.75 Å². The van der Waals surface area contributed by atoms with Crippen LogP contribution >= 0.6 is 0 Å². The van der Waals surface area contributed by atoms with Crippen LogP contribution in [0.15, 0.2) is 24.3 Å². The number of rotatable bonds is 4. The van der Waals surface area contributed by atoms with Gasteiger partial charge in [-0.2, -0.15) is 5.10 Å². The van der Waals surface area contributed by atoms with E-state index in [9.17, 15) is 14.3 Å². The molecule has 0 radical (unpaired) electrons. The molecule has 0 aliphatic carbocycles. The van der Waals surface area contributed by atoms with Gasteiger partial charge in [-0.15, -0.1) is 0 Å². The zero-order valence-electron chi connectivity index (χ0n) is 14.6. The number of likely N-dealkylation sites (tertiary alicyclic amines) is 1. The summed E-state index contributed by atoms with van der Waals surface area (Å²) in [5, 5.41) is 14.2. The minimum Gasteiger partial charge on any atom is -0.480 e. The Kier molecular flexibility index (Phi) is 4.76. The van der Waals surface area contributed by atoms with Gasteiger partial charge in [0, 0.05) is 13.6 Å². The molecule has 1 fully saturated rings. The van der Waals surface area contributed by atoms with E-state index in [0.717, 1.165) is 11.4 Å². The van der Waals surface area contributed by atoms with Crippen LogP contribution in [0.2, 0.25) is 0 Å². The number of carbonyl (C=O) groups is 1. The summed E-state index contributed by atoms with van der Waals surface area (Å²) in [6, 6.07) is 5.79. The molecule has 1 aromatic carbocycles. The van der Waals surface area contributed by atoms with E-state index in [1.165, 1.54) is 12.1 Å². The average molecular weight is 347 g/mol. The molecule has 0 saturated carbocycles. The van der Waals surface area contributed by atoms with Crippen LogP contribution in [0.1, 0.15) is 29.4 Å². The third-order valence-corrected chi connectivity index (χ3v) is 4.62. The van der Waals surface area contributed by atoms with Gasteiger partial charge >= 0.3 is 0 Å². The third kappa shape index (κ3) is 3.51. The molecule has 0 spiro atoms. The highest BCUT2D eigenvalue weighted by molar-refractivity contribution is 5.78. The van der Waals surface area contributed by atoms with Crippen molar-refractivity contribution in [3.05, 3.63) is 47.0 Å². The van der Waals surface area contributed by atoms with Crippen molar-refractivity contribution in [2.45, 2.75) is 32.4 Å². The summed E-state index contributed by atoms with van der Waals surface area (Å²) >= 11 is 0. The van der Waals surface area contributed by atoms with Gasteiger partial charge in [0.05, 0.1) is 17.8 Å². The number of nitrogens with zero attached hydrogens (tertiary/aromatic N) is 3. The normalized spacial score (nSPS) is 20.1. The first-order chi connectivity index (χ1) is 11.9. The van der Waals surface area contributed by atoms with E-state index in [2.05, 4.69) is 5.10 Å². The Morgan fingerprint density at radius 3 is 2.84 bits per heavy atom. The fourth-order valence-electron chi connectivity index (χ4n) is 3.30. The molecule has 3 rings (SSSR count). The number of aliphatic hydroxyl groups is 1. The lowest BCUT2D eigenvalue weighted by molar-refractivity contribution is -0.134. The van der Waals surface area contributed by atoms with E-state index < -0.39 is 6.10 Å². The summed E-state index contributed by atoms with van der Waals surface area (Å²) in [5.74, 6) is -0.00415. The largest absolute Gasteiger partial charge is 0.480 e. The van der Waals surface area contributed by atoms with E-state index in [1.807, 2.05) is 20.9 Å². The molecule has 1 aliphatic rings. The van der Waals surface area contributed by atoms with Crippen molar-refractivity contribution in [2.24, 2.45) is 7.05 Å². The number of aliphatic hydroxyl groups excluding tert-OH is 1. The Morgan fingerprint density at radius 1 is 1.44 bits per heavy atom. The molecular formula is C18H22FN3O3. The SMILES string of the molecule is Cc1nn(C)c(C)c1OCC(=O)N1CC(O)CC1c1cccc(F)c1. The lowest BCUT2D eigenvalue weighted by atomic mass is 10.0. The number of benzene rings is 1. The first-order valence-corrected chi connectivity index (χ1v) is 8.22. The second-order valence-electron chi connectivity index (χ2n) is 6.42.